The Morgan fingerprint density at radius 3 is 2.62 bits per heavy atom. The summed E-state index contributed by atoms with van der Waals surface area (Å²) in [5.74, 6) is 0. The van der Waals surface area contributed by atoms with Crippen molar-refractivity contribution < 1.29 is 0 Å². The molecule has 1 aliphatic rings. The van der Waals surface area contributed by atoms with Gasteiger partial charge in [0.2, 0.25) is 0 Å². The fourth-order valence-corrected chi connectivity index (χ4v) is 2.80. The summed E-state index contributed by atoms with van der Waals surface area (Å²) < 4.78 is 0. The van der Waals surface area contributed by atoms with Crippen LogP contribution in [0, 0.1) is 0 Å². The van der Waals surface area contributed by atoms with E-state index in [-0.39, 0.29) is 0 Å². The second kappa shape index (κ2) is 5.30. The number of rotatable bonds is 4. The zero-order valence-corrected chi connectivity index (χ0v) is 11.9. The van der Waals surface area contributed by atoms with E-state index in [0.29, 0.717) is 0 Å². The third kappa shape index (κ3) is 2.55. The number of nitrogens with zero attached hydrogens (tertiary/aromatic N) is 1. The van der Waals surface area contributed by atoms with Gasteiger partial charge in [0.25, 0.3) is 0 Å². The lowest BCUT2D eigenvalue weighted by molar-refractivity contribution is 0.689. The van der Waals surface area contributed by atoms with Crippen molar-refractivity contribution >= 4 is 10.9 Å². The fraction of sp³-hybridized carbons (Fsp3) is 0.211. The molecule has 0 bridgehead atoms. The minimum Gasteiger partial charge on any atom is -0.310 e. The van der Waals surface area contributed by atoms with Crippen molar-refractivity contribution in [1.29, 1.82) is 0 Å². The maximum atomic E-state index is 4.59. The van der Waals surface area contributed by atoms with Gasteiger partial charge in [0.1, 0.15) is 0 Å². The molecular weight excluding hydrogens is 256 g/mol. The molecule has 3 aromatic rings. The molecule has 0 unspecified atom stereocenters. The van der Waals surface area contributed by atoms with Crippen LogP contribution in [0.2, 0.25) is 0 Å². The zero-order chi connectivity index (χ0) is 14.1. The van der Waals surface area contributed by atoms with Gasteiger partial charge < -0.3 is 5.32 Å². The molecule has 2 aromatic carbocycles. The van der Waals surface area contributed by atoms with E-state index in [2.05, 4.69) is 58.8 Å². The molecule has 1 saturated carbocycles. The van der Waals surface area contributed by atoms with Crippen LogP contribution in [-0.2, 0) is 6.54 Å². The summed E-state index contributed by atoms with van der Waals surface area (Å²) in [7, 11) is 0. The summed E-state index contributed by atoms with van der Waals surface area (Å²) in [6.07, 6.45) is 4.51. The van der Waals surface area contributed by atoms with Crippen LogP contribution in [0.25, 0.3) is 22.0 Å². The molecule has 0 atom stereocenters. The normalized spacial score (nSPS) is 14.5. The van der Waals surface area contributed by atoms with Gasteiger partial charge in [0, 0.05) is 29.7 Å². The number of hydrogen-bond acceptors (Lipinski definition) is 2. The van der Waals surface area contributed by atoms with E-state index in [9.17, 15) is 0 Å². The Balaban J connectivity index is 1.80. The van der Waals surface area contributed by atoms with Gasteiger partial charge in [-0.05, 0) is 30.0 Å². The Morgan fingerprint density at radius 1 is 0.905 bits per heavy atom. The number of aromatic nitrogens is 1. The summed E-state index contributed by atoms with van der Waals surface area (Å²) in [6.45, 7) is 0.935. The lowest BCUT2D eigenvalue weighted by Gasteiger charge is -2.12. The summed E-state index contributed by atoms with van der Waals surface area (Å²) in [4.78, 5) is 4.59. The van der Waals surface area contributed by atoms with Gasteiger partial charge in [-0.25, -0.2) is 0 Å². The third-order valence-electron chi connectivity index (χ3n) is 4.10. The number of pyridine rings is 1. The van der Waals surface area contributed by atoms with E-state index in [0.717, 1.165) is 18.1 Å². The molecule has 0 aliphatic heterocycles. The van der Waals surface area contributed by atoms with Gasteiger partial charge in [0.15, 0.2) is 0 Å². The summed E-state index contributed by atoms with van der Waals surface area (Å²) in [5, 5.41) is 4.81. The highest BCUT2D eigenvalue weighted by Gasteiger charge is 2.20. The van der Waals surface area contributed by atoms with Crippen molar-refractivity contribution in [3.05, 3.63) is 66.4 Å². The van der Waals surface area contributed by atoms with E-state index in [1.807, 2.05) is 12.3 Å². The monoisotopic (exact) mass is 274 g/mol. The Bertz CT molecular complexity index is 770. The van der Waals surface area contributed by atoms with E-state index in [1.165, 1.54) is 34.9 Å². The Hall–Kier alpha value is -2.19. The maximum absolute atomic E-state index is 4.59. The van der Waals surface area contributed by atoms with E-state index in [1.54, 1.807) is 0 Å². The molecule has 0 spiro atoms. The molecule has 21 heavy (non-hydrogen) atoms. The number of nitrogens with one attached hydrogen (secondary N) is 1. The second-order valence-electron chi connectivity index (χ2n) is 5.69. The predicted molar refractivity (Wildman–Crippen MR) is 87.0 cm³/mol. The van der Waals surface area contributed by atoms with Gasteiger partial charge in [0.05, 0.1) is 5.52 Å². The quantitative estimate of drug-likeness (QED) is 0.773. The molecule has 1 N–H and O–H groups in total. The molecule has 0 amide bonds. The van der Waals surface area contributed by atoms with Crippen LogP contribution in [0.4, 0.5) is 0 Å². The van der Waals surface area contributed by atoms with Crippen molar-refractivity contribution in [2.75, 3.05) is 0 Å². The molecule has 1 fully saturated rings. The first kappa shape index (κ1) is 12.5. The molecule has 2 nitrogen and oxygen atoms in total. The first-order chi connectivity index (χ1) is 10.4. The number of fused-ring (bicyclic) bond motifs is 1. The molecule has 104 valence electrons. The topological polar surface area (TPSA) is 24.9 Å². The van der Waals surface area contributed by atoms with Gasteiger partial charge in [-0.2, -0.15) is 0 Å². The zero-order valence-electron chi connectivity index (χ0n) is 11.9. The molecule has 0 saturated heterocycles. The van der Waals surface area contributed by atoms with Crippen LogP contribution in [0.3, 0.4) is 0 Å². The average Bonchev–Trinajstić information content (AvgIpc) is 3.37. The highest BCUT2D eigenvalue weighted by atomic mass is 14.9. The molecule has 4 rings (SSSR count). The van der Waals surface area contributed by atoms with Crippen molar-refractivity contribution in [3.63, 3.8) is 0 Å². The summed E-state index contributed by atoms with van der Waals surface area (Å²) in [5.41, 5.74) is 4.94. The smallest absolute Gasteiger partial charge is 0.0780 e. The molecule has 1 aromatic heterocycles. The van der Waals surface area contributed by atoms with Gasteiger partial charge in [-0.3, -0.25) is 4.98 Å². The van der Waals surface area contributed by atoms with E-state index < -0.39 is 0 Å². The van der Waals surface area contributed by atoms with E-state index in [4.69, 9.17) is 0 Å². The summed E-state index contributed by atoms with van der Waals surface area (Å²) in [6, 6.07) is 19.9. The van der Waals surface area contributed by atoms with Gasteiger partial charge in [-0.1, -0.05) is 48.5 Å². The maximum Gasteiger partial charge on any atom is 0.0780 e. The Labute approximate surface area is 124 Å². The van der Waals surface area contributed by atoms with Gasteiger partial charge in [-0.15, -0.1) is 0 Å². The largest absolute Gasteiger partial charge is 0.310 e. The van der Waals surface area contributed by atoms with Crippen molar-refractivity contribution in [3.8, 4) is 11.1 Å². The van der Waals surface area contributed by atoms with E-state index >= 15 is 0 Å². The van der Waals surface area contributed by atoms with Crippen LogP contribution in [0.5, 0.6) is 0 Å². The van der Waals surface area contributed by atoms with Crippen LogP contribution in [0.15, 0.2) is 60.8 Å². The minimum absolute atomic E-state index is 0.726. The number of para-hydroxylation sites is 1. The molecule has 1 aliphatic carbocycles. The number of hydrogen-bond donors (Lipinski definition) is 1. The summed E-state index contributed by atoms with van der Waals surface area (Å²) >= 11 is 0. The first-order valence-corrected chi connectivity index (χ1v) is 7.57. The first-order valence-electron chi connectivity index (χ1n) is 7.57. The lowest BCUT2D eigenvalue weighted by atomic mass is 9.97. The lowest BCUT2D eigenvalue weighted by Crippen LogP contribution is -2.15. The highest BCUT2D eigenvalue weighted by Crippen LogP contribution is 2.30. The van der Waals surface area contributed by atoms with Crippen LogP contribution < -0.4 is 5.32 Å². The Morgan fingerprint density at radius 2 is 1.71 bits per heavy atom. The third-order valence-corrected chi connectivity index (χ3v) is 4.10. The Kier molecular flexibility index (Phi) is 3.17. The minimum atomic E-state index is 0.726. The highest BCUT2D eigenvalue weighted by molar-refractivity contribution is 5.94. The average molecular weight is 274 g/mol. The standard InChI is InChI=1S/C19H18N2/c1-2-8-17(15(5-1)13-21-16-10-11-16)18-9-3-6-14-7-4-12-20-19(14)18/h1-9,12,16,21H,10-11,13H2. The van der Waals surface area contributed by atoms with Gasteiger partial charge >= 0.3 is 0 Å². The molecule has 2 heteroatoms. The fourth-order valence-electron chi connectivity index (χ4n) is 2.80. The predicted octanol–water partition coefficient (Wildman–Crippen LogP) is 4.15. The second-order valence-corrected chi connectivity index (χ2v) is 5.69. The molecule has 1 heterocycles. The molecular formula is C19H18N2. The SMILES string of the molecule is c1ccc(-c2cccc3cccnc23)c(CNC2CC2)c1. The van der Waals surface area contributed by atoms with Crippen LogP contribution >= 0.6 is 0 Å². The van der Waals surface area contributed by atoms with Crippen LogP contribution in [-0.4, -0.2) is 11.0 Å². The van der Waals surface area contributed by atoms with Crippen molar-refractivity contribution in [2.24, 2.45) is 0 Å². The van der Waals surface area contributed by atoms with Crippen LogP contribution in [0.1, 0.15) is 18.4 Å². The van der Waals surface area contributed by atoms with Crippen molar-refractivity contribution in [2.45, 2.75) is 25.4 Å². The molecule has 0 radical (unpaired) electrons. The van der Waals surface area contributed by atoms with Crippen molar-refractivity contribution in [1.82, 2.24) is 10.3 Å². The number of benzene rings is 2.